The molecule has 0 aromatic carbocycles. The lowest BCUT2D eigenvalue weighted by atomic mass is 10.3. The van der Waals surface area contributed by atoms with Crippen LogP contribution >= 0.6 is 12.4 Å². The molecule has 0 spiro atoms. The second kappa shape index (κ2) is 6.42. The highest BCUT2D eigenvalue weighted by Gasteiger charge is 2.08. The summed E-state index contributed by atoms with van der Waals surface area (Å²) in [4.78, 5) is 0. The van der Waals surface area contributed by atoms with Gasteiger partial charge in [-0.2, -0.15) is 9.49 Å². The van der Waals surface area contributed by atoms with Crippen LogP contribution in [0.2, 0.25) is 0 Å². The Balaban J connectivity index is 0.00000144. The van der Waals surface area contributed by atoms with E-state index in [9.17, 15) is 4.39 Å². The molecule has 0 bridgehead atoms. The minimum absolute atomic E-state index is 0. The van der Waals surface area contributed by atoms with Crippen LogP contribution in [0.3, 0.4) is 0 Å². The van der Waals surface area contributed by atoms with Gasteiger partial charge in [0.1, 0.15) is 5.76 Å². The van der Waals surface area contributed by atoms with Crippen molar-refractivity contribution in [3.63, 3.8) is 0 Å². The molecule has 2 aromatic rings. The van der Waals surface area contributed by atoms with E-state index in [0.29, 0.717) is 25.2 Å². The topological polar surface area (TPSA) is 43.0 Å². The summed E-state index contributed by atoms with van der Waals surface area (Å²) >= 11 is 0. The van der Waals surface area contributed by atoms with Gasteiger partial charge in [0.25, 0.3) is 0 Å². The van der Waals surface area contributed by atoms with Gasteiger partial charge in [0.2, 0.25) is 5.95 Å². The second-order valence-electron chi connectivity index (χ2n) is 3.46. The lowest BCUT2D eigenvalue weighted by Crippen LogP contribution is -2.13. The highest BCUT2D eigenvalue weighted by atomic mass is 35.5. The van der Waals surface area contributed by atoms with Crippen molar-refractivity contribution in [2.75, 3.05) is 0 Å². The third-order valence-corrected chi connectivity index (χ3v) is 2.34. The van der Waals surface area contributed by atoms with Crippen molar-refractivity contribution >= 4 is 12.4 Å². The van der Waals surface area contributed by atoms with Gasteiger partial charge in [-0.15, -0.1) is 12.4 Å². The highest BCUT2D eigenvalue weighted by Crippen LogP contribution is 2.06. The molecule has 0 amide bonds. The SMILES string of the molecule is CCn1ncc(CNCc2ccco2)c1F.Cl. The third-order valence-electron chi connectivity index (χ3n) is 2.34. The Morgan fingerprint density at radius 3 is 2.88 bits per heavy atom. The van der Waals surface area contributed by atoms with Gasteiger partial charge in [0.15, 0.2) is 0 Å². The molecule has 0 aliphatic heterocycles. The Hall–Kier alpha value is -1.33. The van der Waals surface area contributed by atoms with E-state index < -0.39 is 0 Å². The van der Waals surface area contributed by atoms with Gasteiger partial charge in [0, 0.05) is 18.7 Å². The Kier molecular flexibility index (Phi) is 5.18. The van der Waals surface area contributed by atoms with Crippen molar-refractivity contribution in [3.05, 3.63) is 41.9 Å². The second-order valence-corrected chi connectivity index (χ2v) is 3.46. The molecule has 4 nitrogen and oxygen atoms in total. The normalized spacial score (nSPS) is 10.2. The number of nitrogens with zero attached hydrogens (tertiary/aromatic N) is 2. The average molecular weight is 260 g/mol. The summed E-state index contributed by atoms with van der Waals surface area (Å²) < 4.78 is 20.0. The lowest BCUT2D eigenvalue weighted by molar-refractivity contribution is 0.453. The minimum atomic E-state index is -0.269. The first-order valence-corrected chi connectivity index (χ1v) is 5.24. The van der Waals surface area contributed by atoms with Gasteiger partial charge in [-0.1, -0.05) is 0 Å². The molecule has 0 aliphatic carbocycles. The maximum Gasteiger partial charge on any atom is 0.215 e. The standard InChI is InChI=1S/C11H14FN3O.ClH/c1-2-15-11(12)9(7-14-15)6-13-8-10-4-3-5-16-10;/h3-5,7,13H,2,6,8H2,1H3;1H. The van der Waals surface area contributed by atoms with Crippen LogP contribution in [0.15, 0.2) is 29.0 Å². The zero-order valence-corrected chi connectivity index (χ0v) is 10.3. The Morgan fingerprint density at radius 1 is 1.47 bits per heavy atom. The molecule has 2 aromatic heterocycles. The van der Waals surface area contributed by atoms with E-state index in [1.54, 1.807) is 12.5 Å². The monoisotopic (exact) mass is 259 g/mol. The fraction of sp³-hybridized carbons (Fsp3) is 0.364. The zero-order chi connectivity index (χ0) is 11.4. The molecule has 0 saturated heterocycles. The van der Waals surface area contributed by atoms with Gasteiger partial charge in [0.05, 0.1) is 19.0 Å². The van der Waals surface area contributed by atoms with Crippen molar-refractivity contribution in [3.8, 4) is 0 Å². The predicted octanol–water partition coefficient (Wildman–Crippen LogP) is 2.35. The van der Waals surface area contributed by atoms with Gasteiger partial charge in [-0.3, -0.25) is 0 Å². The molecule has 2 heterocycles. The predicted molar refractivity (Wildman–Crippen MR) is 64.4 cm³/mol. The van der Waals surface area contributed by atoms with Crippen molar-refractivity contribution in [1.29, 1.82) is 0 Å². The number of hydrogen-bond donors (Lipinski definition) is 1. The molecule has 0 aliphatic rings. The molecule has 0 atom stereocenters. The van der Waals surface area contributed by atoms with E-state index in [1.807, 2.05) is 19.1 Å². The fourth-order valence-corrected chi connectivity index (χ4v) is 1.48. The van der Waals surface area contributed by atoms with Crippen molar-refractivity contribution in [2.24, 2.45) is 0 Å². The van der Waals surface area contributed by atoms with E-state index in [2.05, 4.69) is 10.4 Å². The number of furan rings is 1. The fourth-order valence-electron chi connectivity index (χ4n) is 1.48. The Labute approximate surface area is 105 Å². The molecule has 0 unspecified atom stereocenters. The lowest BCUT2D eigenvalue weighted by Gasteiger charge is -2.01. The maximum absolute atomic E-state index is 13.5. The third kappa shape index (κ3) is 3.31. The molecule has 17 heavy (non-hydrogen) atoms. The molecule has 0 fully saturated rings. The van der Waals surface area contributed by atoms with Crippen LogP contribution in [0.1, 0.15) is 18.2 Å². The van der Waals surface area contributed by atoms with E-state index in [0.717, 1.165) is 5.76 Å². The van der Waals surface area contributed by atoms with E-state index in [1.165, 1.54) is 4.68 Å². The first-order chi connectivity index (χ1) is 7.81. The summed E-state index contributed by atoms with van der Waals surface area (Å²) in [6, 6.07) is 3.70. The zero-order valence-electron chi connectivity index (χ0n) is 9.52. The summed E-state index contributed by atoms with van der Waals surface area (Å²) in [6.07, 6.45) is 3.17. The van der Waals surface area contributed by atoms with E-state index >= 15 is 0 Å². The van der Waals surface area contributed by atoms with Crippen LogP contribution in [-0.4, -0.2) is 9.78 Å². The molecule has 0 radical (unpaired) electrons. The molecule has 0 saturated carbocycles. The first kappa shape index (κ1) is 13.7. The summed E-state index contributed by atoms with van der Waals surface area (Å²) in [7, 11) is 0. The molecule has 2 rings (SSSR count). The van der Waals surface area contributed by atoms with Crippen LogP contribution in [-0.2, 0) is 19.6 Å². The largest absolute Gasteiger partial charge is 0.468 e. The molecule has 94 valence electrons. The van der Waals surface area contributed by atoms with Gasteiger partial charge in [-0.05, 0) is 19.1 Å². The van der Waals surface area contributed by atoms with Crippen molar-refractivity contribution < 1.29 is 8.81 Å². The average Bonchev–Trinajstić information content (AvgIpc) is 2.90. The van der Waals surface area contributed by atoms with Crippen LogP contribution in [0.5, 0.6) is 0 Å². The van der Waals surface area contributed by atoms with Gasteiger partial charge in [-0.25, -0.2) is 4.68 Å². The highest BCUT2D eigenvalue weighted by molar-refractivity contribution is 5.85. The number of nitrogens with one attached hydrogen (secondary N) is 1. The van der Waals surface area contributed by atoms with Crippen LogP contribution in [0.25, 0.3) is 0 Å². The molecule has 1 N–H and O–H groups in total. The summed E-state index contributed by atoms with van der Waals surface area (Å²) in [5.74, 6) is 0.567. The number of aromatic nitrogens is 2. The van der Waals surface area contributed by atoms with Gasteiger partial charge < -0.3 is 9.73 Å². The van der Waals surface area contributed by atoms with Crippen molar-refractivity contribution in [2.45, 2.75) is 26.6 Å². The van der Waals surface area contributed by atoms with E-state index in [-0.39, 0.29) is 18.4 Å². The summed E-state index contributed by atoms with van der Waals surface area (Å²) in [5.41, 5.74) is 0.577. The Bertz CT molecular complexity index is 442. The Morgan fingerprint density at radius 2 is 2.29 bits per heavy atom. The quantitative estimate of drug-likeness (QED) is 0.896. The number of hydrogen-bond acceptors (Lipinski definition) is 3. The smallest absolute Gasteiger partial charge is 0.215 e. The van der Waals surface area contributed by atoms with E-state index in [4.69, 9.17) is 4.42 Å². The molecular formula is C11H15ClFN3O. The maximum atomic E-state index is 13.5. The number of rotatable bonds is 5. The van der Waals surface area contributed by atoms with Gasteiger partial charge >= 0.3 is 0 Å². The summed E-state index contributed by atoms with van der Waals surface area (Å²) in [6.45, 7) is 3.44. The first-order valence-electron chi connectivity index (χ1n) is 5.24. The molecule has 6 heteroatoms. The summed E-state index contributed by atoms with van der Waals surface area (Å²) in [5, 5.41) is 7.02. The number of aryl methyl sites for hydroxylation is 1. The molecular weight excluding hydrogens is 245 g/mol. The van der Waals surface area contributed by atoms with Crippen LogP contribution < -0.4 is 5.32 Å². The minimum Gasteiger partial charge on any atom is -0.468 e. The van der Waals surface area contributed by atoms with Crippen molar-refractivity contribution in [1.82, 2.24) is 15.1 Å². The number of halogens is 2. The van der Waals surface area contributed by atoms with Crippen LogP contribution in [0.4, 0.5) is 4.39 Å². The van der Waals surface area contributed by atoms with Crippen LogP contribution in [0, 0.1) is 5.95 Å².